The molecule has 5 nitrogen and oxygen atoms in total. The van der Waals surface area contributed by atoms with E-state index in [0.717, 1.165) is 19.3 Å². The van der Waals surface area contributed by atoms with Crippen molar-refractivity contribution in [1.29, 1.82) is 0 Å². The molecule has 1 atom stereocenters. The molecule has 1 fully saturated rings. The molecule has 0 aliphatic carbocycles. The summed E-state index contributed by atoms with van der Waals surface area (Å²) in [4.78, 5) is 25.4. The molecule has 0 bridgehead atoms. The molecule has 0 aromatic heterocycles. The van der Waals surface area contributed by atoms with Crippen molar-refractivity contribution in [1.82, 2.24) is 4.90 Å². The highest BCUT2D eigenvalue weighted by Crippen LogP contribution is 2.27. The highest BCUT2D eigenvalue weighted by Gasteiger charge is 2.34. The van der Waals surface area contributed by atoms with E-state index in [-0.39, 0.29) is 12.3 Å². The molecule has 1 aliphatic rings. The van der Waals surface area contributed by atoms with Crippen LogP contribution in [0.5, 0.6) is 0 Å². The number of hydrogen-bond donors (Lipinski definition) is 1. The molecule has 1 saturated heterocycles. The summed E-state index contributed by atoms with van der Waals surface area (Å²) in [5.41, 5.74) is 0.841. The molecule has 0 radical (unpaired) electrons. The van der Waals surface area contributed by atoms with Gasteiger partial charge in [0.05, 0.1) is 19.1 Å². The Kier molecular flexibility index (Phi) is 6.37. The SMILES string of the molecule is CC(C)(CCCc1ccccc1)C(=O)N1CCOC(CC(=O)O)C1. The van der Waals surface area contributed by atoms with Crippen molar-refractivity contribution in [2.45, 2.75) is 45.6 Å². The van der Waals surface area contributed by atoms with Crippen molar-refractivity contribution in [2.75, 3.05) is 19.7 Å². The van der Waals surface area contributed by atoms with Crippen molar-refractivity contribution in [2.24, 2.45) is 5.41 Å². The van der Waals surface area contributed by atoms with Crippen LogP contribution in [-0.2, 0) is 20.7 Å². The topological polar surface area (TPSA) is 66.8 Å². The van der Waals surface area contributed by atoms with Gasteiger partial charge in [0.15, 0.2) is 0 Å². The molecule has 2 rings (SSSR count). The van der Waals surface area contributed by atoms with E-state index in [4.69, 9.17) is 9.84 Å². The number of ether oxygens (including phenoxy) is 1. The number of amides is 1. The summed E-state index contributed by atoms with van der Waals surface area (Å²) >= 11 is 0. The maximum Gasteiger partial charge on any atom is 0.306 e. The van der Waals surface area contributed by atoms with Gasteiger partial charge in [-0.05, 0) is 24.8 Å². The Morgan fingerprint density at radius 2 is 2.00 bits per heavy atom. The van der Waals surface area contributed by atoms with Crippen molar-refractivity contribution < 1.29 is 19.4 Å². The van der Waals surface area contributed by atoms with E-state index in [1.165, 1.54) is 5.56 Å². The summed E-state index contributed by atoms with van der Waals surface area (Å²) in [6.45, 7) is 5.26. The smallest absolute Gasteiger partial charge is 0.306 e. The second-order valence-corrected chi connectivity index (χ2v) is 7.06. The zero-order valence-corrected chi connectivity index (χ0v) is 14.5. The summed E-state index contributed by atoms with van der Waals surface area (Å²) in [6, 6.07) is 10.3. The molecule has 1 unspecified atom stereocenters. The lowest BCUT2D eigenvalue weighted by atomic mass is 9.84. The molecule has 132 valence electrons. The van der Waals surface area contributed by atoms with Gasteiger partial charge in [-0.3, -0.25) is 9.59 Å². The largest absolute Gasteiger partial charge is 0.481 e. The van der Waals surface area contributed by atoms with Gasteiger partial charge in [-0.15, -0.1) is 0 Å². The summed E-state index contributed by atoms with van der Waals surface area (Å²) in [6.07, 6.45) is 2.26. The molecule has 1 aromatic carbocycles. The van der Waals surface area contributed by atoms with Gasteiger partial charge < -0.3 is 14.7 Å². The number of hydrogen-bond acceptors (Lipinski definition) is 3. The van der Waals surface area contributed by atoms with Crippen molar-refractivity contribution in [3.05, 3.63) is 35.9 Å². The monoisotopic (exact) mass is 333 g/mol. The standard InChI is InChI=1S/C19H27NO4/c1-19(2,10-6-9-15-7-4-3-5-8-15)18(23)20-11-12-24-16(14-20)13-17(21)22/h3-5,7-8,16H,6,9-14H2,1-2H3,(H,21,22). The predicted molar refractivity (Wildman–Crippen MR) is 91.7 cm³/mol. The Morgan fingerprint density at radius 1 is 1.29 bits per heavy atom. The normalized spacial score (nSPS) is 18.4. The maximum absolute atomic E-state index is 12.8. The van der Waals surface area contributed by atoms with E-state index in [2.05, 4.69) is 12.1 Å². The van der Waals surface area contributed by atoms with E-state index < -0.39 is 17.5 Å². The number of rotatable bonds is 7. The van der Waals surface area contributed by atoms with Crippen LogP contribution in [0.3, 0.4) is 0 Å². The summed E-state index contributed by atoms with van der Waals surface area (Å²) < 4.78 is 5.45. The number of carbonyl (C=O) groups excluding carboxylic acids is 1. The zero-order valence-electron chi connectivity index (χ0n) is 14.5. The van der Waals surface area contributed by atoms with Crippen LogP contribution >= 0.6 is 0 Å². The van der Waals surface area contributed by atoms with Crippen LogP contribution in [0.15, 0.2) is 30.3 Å². The molecule has 0 saturated carbocycles. The first-order valence-electron chi connectivity index (χ1n) is 8.55. The maximum atomic E-state index is 12.8. The average molecular weight is 333 g/mol. The third kappa shape index (κ3) is 5.34. The number of nitrogens with zero attached hydrogens (tertiary/aromatic N) is 1. The Bertz CT molecular complexity index is 556. The third-order valence-corrected chi connectivity index (χ3v) is 4.52. The molecule has 1 aliphatic heterocycles. The van der Waals surface area contributed by atoms with Crippen molar-refractivity contribution in [3.63, 3.8) is 0 Å². The molecule has 1 heterocycles. The third-order valence-electron chi connectivity index (χ3n) is 4.52. The molecule has 5 heteroatoms. The Labute approximate surface area is 143 Å². The fourth-order valence-corrected chi connectivity index (χ4v) is 3.14. The minimum atomic E-state index is -0.892. The van der Waals surface area contributed by atoms with Gasteiger partial charge in [-0.1, -0.05) is 44.2 Å². The first kappa shape index (κ1) is 18.5. The fourth-order valence-electron chi connectivity index (χ4n) is 3.14. The lowest BCUT2D eigenvalue weighted by Gasteiger charge is -2.37. The number of aliphatic carboxylic acids is 1. The van der Waals surface area contributed by atoms with E-state index in [1.807, 2.05) is 32.0 Å². The van der Waals surface area contributed by atoms with Gasteiger partial charge in [-0.25, -0.2) is 0 Å². The molecular weight excluding hydrogens is 306 g/mol. The minimum absolute atomic E-state index is 0.0573. The number of carboxylic acids is 1. The van der Waals surface area contributed by atoms with Gasteiger partial charge in [0, 0.05) is 18.5 Å². The van der Waals surface area contributed by atoms with Crippen LogP contribution in [0.1, 0.15) is 38.7 Å². The number of morpholine rings is 1. The molecule has 1 amide bonds. The number of aryl methyl sites for hydroxylation is 1. The second-order valence-electron chi connectivity index (χ2n) is 7.06. The summed E-state index contributed by atoms with van der Waals surface area (Å²) in [7, 11) is 0. The summed E-state index contributed by atoms with van der Waals surface area (Å²) in [5.74, 6) is -0.800. The molecule has 1 aromatic rings. The van der Waals surface area contributed by atoms with E-state index in [0.29, 0.717) is 19.7 Å². The van der Waals surface area contributed by atoms with Crippen LogP contribution in [0.25, 0.3) is 0 Å². The van der Waals surface area contributed by atoms with Crippen LogP contribution in [-0.4, -0.2) is 47.7 Å². The van der Waals surface area contributed by atoms with Crippen molar-refractivity contribution in [3.8, 4) is 0 Å². The summed E-state index contributed by atoms with van der Waals surface area (Å²) in [5, 5.41) is 8.89. The number of carbonyl (C=O) groups is 2. The molecule has 1 N–H and O–H groups in total. The fraction of sp³-hybridized carbons (Fsp3) is 0.579. The lowest BCUT2D eigenvalue weighted by Crippen LogP contribution is -2.50. The van der Waals surface area contributed by atoms with E-state index in [9.17, 15) is 9.59 Å². The average Bonchev–Trinajstić information content (AvgIpc) is 2.54. The van der Waals surface area contributed by atoms with E-state index in [1.54, 1.807) is 4.90 Å². The van der Waals surface area contributed by atoms with Crippen LogP contribution in [0.2, 0.25) is 0 Å². The highest BCUT2D eigenvalue weighted by molar-refractivity contribution is 5.82. The first-order chi connectivity index (χ1) is 11.4. The van der Waals surface area contributed by atoms with Crippen LogP contribution < -0.4 is 0 Å². The van der Waals surface area contributed by atoms with Gasteiger partial charge >= 0.3 is 5.97 Å². The lowest BCUT2D eigenvalue weighted by molar-refractivity contribution is -0.153. The molecular formula is C19H27NO4. The number of carboxylic acid groups (broad SMARTS) is 1. The Morgan fingerprint density at radius 3 is 2.67 bits per heavy atom. The molecule has 0 spiro atoms. The van der Waals surface area contributed by atoms with Crippen LogP contribution in [0, 0.1) is 5.41 Å². The van der Waals surface area contributed by atoms with Crippen molar-refractivity contribution >= 4 is 11.9 Å². The van der Waals surface area contributed by atoms with Gasteiger partial charge in [0.25, 0.3) is 0 Å². The van der Waals surface area contributed by atoms with Gasteiger partial charge in [0.1, 0.15) is 0 Å². The first-order valence-corrected chi connectivity index (χ1v) is 8.55. The quantitative estimate of drug-likeness (QED) is 0.833. The number of benzene rings is 1. The zero-order chi connectivity index (χ0) is 17.6. The highest BCUT2D eigenvalue weighted by atomic mass is 16.5. The van der Waals surface area contributed by atoms with Crippen LogP contribution in [0.4, 0.5) is 0 Å². The Balaban J connectivity index is 1.85. The van der Waals surface area contributed by atoms with Gasteiger partial charge in [-0.2, -0.15) is 0 Å². The predicted octanol–water partition coefficient (Wildman–Crippen LogP) is 2.74. The Hall–Kier alpha value is -1.88. The second kappa shape index (κ2) is 8.29. The van der Waals surface area contributed by atoms with E-state index >= 15 is 0 Å². The van der Waals surface area contributed by atoms with Gasteiger partial charge in [0.2, 0.25) is 5.91 Å². The minimum Gasteiger partial charge on any atom is -0.481 e. The molecule has 24 heavy (non-hydrogen) atoms.